The van der Waals surface area contributed by atoms with Crippen molar-refractivity contribution < 1.29 is 9.59 Å². The van der Waals surface area contributed by atoms with E-state index < -0.39 is 0 Å². The van der Waals surface area contributed by atoms with E-state index in [4.69, 9.17) is 33.2 Å². The van der Waals surface area contributed by atoms with Gasteiger partial charge in [0.15, 0.2) is 0 Å². The largest absolute Gasteiger partial charge is 0.306 e. The zero-order valence-corrected chi connectivity index (χ0v) is 25.7. The summed E-state index contributed by atoms with van der Waals surface area (Å²) in [6.45, 7) is 0. The van der Waals surface area contributed by atoms with Gasteiger partial charge in [-0.1, -0.05) is 65.7 Å². The van der Waals surface area contributed by atoms with Gasteiger partial charge in [0, 0.05) is 10.8 Å². The van der Waals surface area contributed by atoms with Crippen LogP contribution < -0.4 is 10.6 Å². The molecule has 5 heterocycles. The van der Waals surface area contributed by atoms with Crippen molar-refractivity contribution in [1.29, 1.82) is 0 Å². The molecule has 0 radical (unpaired) electrons. The summed E-state index contributed by atoms with van der Waals surface area (Å²) in [5.74, 6) is -0.156. The molecule has 11 heteroatoms. The third kappa shape index (κ3) is 5.66. The van der Waals surface area contributed by atoms with E-state index >= 15 is 0 Å². The Balaban J connectivity index is 1.17. The molecular formula is C33H19Cl2N5O2S2. The number of hydrogen-bond donors (Lipinski definition) is 2. The smallest absolute Gasteiger partial charge is 0.257 e. The lowest BCUT2D eigenvalue weighted by atomic mass is 10.1. The van der Waals surface area contributed by atoms with E-state index in [0.29, 0.717) is 53.0 Å². The highest BCUT2D eigenvalue weighted by Crippen LogP contribution is 2.34. The number of aromatic nitrogens is 3. The number of amides is 2. The molecule has 2 N–H and O–H groups in total. The van der Waals surface area contributed by atoms with Gasteiger partial charge in [-0.3, -0.25) is 9.59 Å². The lowest BCUT2D eigenvalue weighted by Crippen LogP contribution is -2.17. The maximum Gasteiger partial charge on any atom is 0.257 e. The molecule has 0 saturated heterocycles. The molecule has 0 aliphatic rings. The Labute approximate surface area is 269 Å². The van der Waals surface area contributed by atoms with Crippen LogP contribution in [-0.4, -0.2) is 26.8 Å². The van der Waals surface area contributed by atoms with Gasteiger partial charge in [0.05, 0.1) is 52.0 Å². The number of benzene rings is 2. The number of halogens is 2. The molecule has 7 rings (SSSR count). The maximum absolute atomic E-state index is 13.6. The number of nitrogens with one attached hydrogen (secondary N) is 2. The average Bonchev–Trinajstić information content (AvgIpc) is 3.68. The molecule has 0 fully saturated rings. The summed E-state index contributed by atoms with van der Waals surface area (Å²) >= 11 is 15.1. The molecule has 214 valence electrons. The predicted octanol–water partition coefficient (Wildman–Crippen LogP) is 9.45. The number of anilines is 2. The Morgan fingerprint density at radius 1 is 0.545 bits per heavy atom. The molecular weight excluding hydrogens is 633 g/mol. The van der Waals surface area contributed by atoms with E-state index in [1.165, 1.54) is 22.7 Å². The fourth-order valence-corrected chi connectivity index (χ4v) is 6.83. The van der Waals surface area contributed by atoms with Crippen LogP contribution in [0.2, 0.25) is 8.67 Å². The lowest BCUT2D eigenvalue weighted by Gasteiger charge is -2.12. The molecule has 44 heavy (non-hydrogen) atoms. The van der Waals surface area contributed by atoms with Crippen LogP contribution in [0.5, 0.6) is 0 Å². The van der Waals surface area contributed by atoms with E-state index in [1.54, 1.807) is 42.5 Å². The SMILES string of the molecule is O=C(Nc1cccc(NC(=O)c2cc(-c3ccc(Cl)s3)nc3ccccc23)n1)c1cc(-c2ccc(Cl)s2)nc2ccccc12. The molecule has 7 nitrogen and oxygen atoms in total. The van der Waals surface area contributed by atoms with Crippen LogP contribution in [0.1, 0.15) is 20.7 Å². The number of fused-ring (bicyclic) bond motifs is 2. The van der Waals surface area contributed by atoms with Gasteiger partial charge in [0.25, 0.3) is 11.8 Å². The van der Waals surface area contributed by atoms with E-state index in [9.17, 15) is 9.59 Å². The van der Waals surface area contributed by atoms with Crippen molar-refractivity contribution in [2.75, 3.05) is 10.6 Å². The molecule has 2 amide bonds. The Morgan fingerprint density at radius 3 is 1.43 bits per heavy atom. The van der Waals surface area contributed by atoms with Crippen LogP contribution in [0, 0.1) is 0 Å². The normalized spacial score (nSPS) is 11.1. The molecule has 0 atom stereocenters. The van der Waals surface area contributed by atoms with Crippen molar-refractivity contribution in [2.45, 2.75) is 0 Å². The molecule has 0 unspecified atom stereocenters. The van der Waals surface area contributed by atoms with Gasteiger partial charge in [-0.2, -0.15) is 0 Å². The number of hydrogen-bond acceptors (Lipinski definition) is 7. The van der Waals surface area contributed by atoms with Crippen molar-refractivity contribution in [3.8, 4) is 21.1 Å². The number of pyridine rings is 3. The predicted molar refractivity (Wildman–Crippen MR) is 180 cm³/mol. The van der Waals surface area contributed by atoms with E-state index in [-0.39, 0.29) is 23.5 Å². The van der Waals surface area contributed by atoms with Gasteiger partial charge in [-0.15, -0.1) is 22.7 Å². The van der Waals surface area contributed by atoms with E-state index in [2.05, 4.69) is 15.6 Å². The topological polar surface area (TPSA) is 96.9 Å². The minimum atomic E-state index is -0.358. The summed E-state index contributed by atoms with van der Waals surface area (Å²) in [7, 11) is 0. The van der Waals surface area contributed by atoms with E-state index in [1.807, 2.05) is 60.7 Å². The first-order chi connectivity index (χ1) is 21.4. The zero-order valence-electron chi connectivity index (χ0n) is 22.5. The highest BCUT2D eigenvalue weighted by atomic mass is 35.5. The number of para-hydroxylation sites is 2. The summed E-state index contributed by atoms with van der Waals surface area (Å²) in [6.07, 6.45) is 0. The van der Waals surface area contributed by atoms with Gasteiger partial charge in [-0.05, 0) is 60.7 Å². The van der Waals surface area contributed by atoms with Crippen molar-refractivity contribution >= 4 is 91.1 Å². The van der Waals surface area contributed by atoms with Crippen LogP contribution in [0.4, 0.5) is 11.6 Å². The molecule has 7 aromatic rings. The van der Waals surface area contributed by atoms with Crippen LogP contribution in [-0.2, 0) is 0 Å². The van der Waals surface area contributed by atoms with Crippen molar-refractivity contribution in [3.63, 3.8) is 0 Å². The minimum absolute atomic E-state index is 0.280. The van der Waals surface area contributed by atoms with Crippen LogP contribution >= 0.6 is 45.9 Å². The fourth-order valence-electron chi connectivity index (χ4n) is 4.82. The second-order valence-corrected chi connectivity index (χ2v) is 13.1. The first-order valence-corrected chi connectivity index (χ1v) is 15.7. The van der Waals surface area contributed by atoms with Gasteiger partial charge >= 0.3 is 0 Å². The van der Waals surface area contributed by atoms with Crippen LogP contribution in [0.25, 0.3) is 42.9 Å². The summed E-state index contributed by atoms with van der Waals surface area (Å²) in [5, 5.41) is 7.16. The highest BCUT2D eigenvalue weighted by molar-refractivity contribution is 7.19. The highest BCUT2D eigenvalue weighted by Gasteiger charge is 2.18. The fraction of sp³-hybridized carbons (Fsp3) is 0. The Hall–Kier alpha value is -4.67. The van der Waals surface area contributed by atoms with Crippen molar-refractivity contribution in [2.24, 2.45) is 0 Å². The Kier molecular flexibility index (Phi) is 7.53. The number of carbonyl (C=O) groups excluding carboxylic acids is 2. The molecule has 0 bridgehead atoms. The quantitative estimate of drug-likeness (QED) is 0.187. The first-order valence-electron chi connectivity index (χ1n) is 13.3. The van der Waals surface area contributed by atoms with Gasteiger partial charge in [0.2, 0.25) is 0 Å². The monoisotopic (exact) mass is 651 g/mol. The minimum Gasteiger partial charge on any atom is -0.306 e. The molecule has 0 aliphatic heterocycles. The first kappa shape index (κ1) is 28.1. The molecule has 0 saturated carbocycles. The van der Waals surface area contributed by atoms with Gasteiger partial charge in [-0.25, -0.2) is 15.0 Å². The molecule has 0 aliphatic carbocycles. The van der Waals surface area contributed by atoms with Crippen LogP contribution in [0.15, 0.2) is 103 Å². The number of nitrogens with zero attached hydrogens (tertiary/aromatic N) is 3. The summed E-state index contributed by atoms with van der Waals surface area (Å²) in [4.78, 5) is 42.9. The lowest BCUT2D eigenvalue weighted by molar-refractivity contribution is 0.102. The Bertz CT molecular complexity index is 2080. The standard InChI is InChI=1S/C33H19Cl2N5O2S2/c34-28-14-12-26(43-28)24-16-20(18-6-1-3-8-22(18)36-24)32(41)39-30-10-5-11-31(38-30)40-33(42)21-17-25(27-13-15-29(35)44-27)37-23-9-4-2-7-19(21)23/h1-17H,(H2,38,39,40,41,42). The summed E-state index contributed by atoms with van der Waals surface area (Å²) < 4.78 is 1.27. The zero-order chi connectivity index (χ0) is 30.2. The summed E-state index contributed by atoms with van der Waals surface area (Å²) in [5.41, 5.74) is 3.54. The third-order valence-electron chi connectivity index (χ3n) is 6.81. The second kappa shape index (κ2) is 11.8. The van der Waals surface area contributed by atoms with Crippen LogP contribution in [0.3, 0.4) is 0 Å². The van der Waals surface area contributed by atoms with Gasteiger partial charge in [0.1, 0.15) is 11.6 Å². The Morgan fingerprint density at radius 2 is 1.00 bits per heavy atom. The average molecular weight is 653 g/mol. The molecule has 5 aromatic heterocycles. The molecule has 2 aromatic carbocycles. The third-order valence-corrected chi connectivity index (χ3v) is 9.31. The van der Waals surface area contributed by atoms with Crippen molar-refractivity contribution in [3.05, 3.63) is 123 Å². The van der Waals surface area contributed by atoms with Gasteiger partial charge < -0.3 is 10.6 Å². The maximum atomic E-state index is 13.6. The number of thiophene rings is 2. The molecule has 0 spiro atoms. The second-order valence-electron chi connectivity index (χ2n) is 9.67. The van der Waals surface area contributed by atoms with E-state index in [0.717, 1.165) is 9.75 Å². The van der Waals surface area contributed by atoms with Crippen molar-refractivity contribution in [1.82, 2.24) is 15.0 Å². The number of rotatable bonds is 6. The number of carbonyl (C=O) groups is 2. The summed E-state index contributed by atoms with van der Waals surface area (Å²) in [6, 6.07) is 30.8.